The summed E-state index contributed by atoms with van der Waals surface area (Å²) in [6.07, 6.45) is 2.04. The molecule has 1 aliphatic rings. The third kappa shape index (κ3) is 3.19. The Hall–Kier alpha value is -1.82. The van der Waals surface area contributed by atoms with Crippen molar-refractivity contribution in [3.05, 3.63) is 28.3 Å². The summed E-state index contributed by atoms with van der Waals surface area (Å²) in [5, 5.41) is 14.3. The van der Waals surface area contributed by atoms with Crippen molar-refractivity contribution in [3.8, 4) is 5.75 Å². The minimum absolute atomic E-state index is 0.0780. The molecule has 1 aromatic carbocycles. The van der Waals surface area contributed by atoms with Gasteiger partial charge in [0.25, 0.3) is 5.69 Å². The molecule has 0 radical (unpaired) electrons. The fraction of sp³-hybridized carbons (Fsp3) is 0.571. The normalized spacial score (nSPS) is 23.4. The number of likely N-dealkylation sites (tertiary alicyclic amines) is 1. The average Bonchev–Trinajstić information content (AvgIpc) is 2.42. The summed E-state index contributed by atoms with van der Waals surface area (Å²) in [6.45, 7) is 3.22. The molecule has 1 heterocycles. The largest absolute Gasteiger partial charge is 0.495 e. The Morgan fingerprint density at radius 3 is 2.85 bits per heavy atom. The molecule has 2 unspecified atom stereocenters. The number of nitro benzene ring substituents is 1. The number of non-ortho nitro benzene ring substituents is 1. The fourth-order valence-corrected chi connectivity index (χ4v) is 2.56. The van der Waals surface area contributed by atoms with Gasteiger partial charge < -0.3 is 15.0 Å². The van der Waals surface area contributed by atoms with Crippen LogP contribution in [0.5, 0.6) is 5.75 Å². The lowest BCUT2D eigenvalue weighted by molar-refractivity contribution is -0.384. The number of methoxy groups -OCH3 is 1. The quantitative estimate of drug-likeness (QED) is 0.677. The number of hydrogen-bond acceptors (Lipinski definition) is 5. The highest BCUT2D eigenvalue weighted by Crippen LogP contribution is 2.31. The highest BCUT2D eigenvalue weighted by molar-refractivity contribution is 5.62. The molecule has 0 spiro atoms. The van der Waals surface area contributed by atoms with Crippen molar-refractivity contribution in [2.75, 3.05) is 26.0 Å². The number of anilines is 1. The molecule has 110 valence electrons. The van der Waals surface area contributed by atoms with E-state index in [1.807, 2.05) is 0 Å². The average molecular weight is 279 g/mol. The van der Waals surface area contributed by atoms with Crippen LogP contribution in [0.4, 0.5) is 11.4 Å². The Labute approximate surface area is 118 Å². The topological polar surface area (TPSA) is 67.6 Å². The minimum atomic E-state index is -0.387. The van der Waals surface area contributed by atoms with Crippen LogP contribution in [0.2, 0.25) is 0 Å². The van der Waals surface area contributed by atoms with Gasteiger partial charge in [-0.05, 0) is 32.9 Å². The van der Waals surface area contributed by atoms with Gasteiger partial charge in [0, 0.05) is 30.8 Å². The number of nitrogens with one attached hydrogen (secondary N) is 1. The van der Waals surface area contributed by atoms with Crippen LogP contribution in [-0.2, 0) is 0 Å². The van der Waals surface area contributed by atoms with E-state index in [4.69, 9.17) is 4.74 Å². The first-order valence-electron chi connectivity index (χ1n) is 6.80. The number of nitro groups is 1. The molecule has 0 aromatic heterocycles. The van der Waals surface area contributed by atoms with Crippen LogP contribution in [0, 0.1) is 10.1 Å². The monoisotopic (exact) mass is 279 g/mol. The predicted molar refractivity (Wildman–Crippen MR) is 78.4 cm³/mol. The summed E-state index contributed by atoms with van der Waals surface area (Å²) in [5.74, 6) is 0.641. The molecule has 0 bridgehead atoms. The summed E-state index contributed by atoms with van der Waals surface area (Å²) >= 11 is 0. The number of ether oxygens (including phenoxy) is 1. The molecule has 2 atom stereocenters. The predicted octanol–water partition coefficient (Wildman–Crippen LogP) is 2.50. The van der Waals surface area contributed by atoms with Crippen LogP contribution in [0.3, 0.4) is 0 Å². The Morgan fingerprint density at radius 1 is 1.50 bits per heavy atom. The van der Waals surface area contributed by atoms with Gasteiger partial charge in [-0.15, -0.1) is 0 Å². The lowest BCUT2D eigenvalue weighted by Gasteiger charge is -2.35. The van der Waals surface area contributed by atoms with Crippen molar-refractivity contribution in [2.45, 2.75) is 31.8 Å². The van der Waals surface area contributed by atoms with Gasteiger partial charge in [0.1, 0.15) is 5.75 Å². The Morgan fingerprint density at radius 2 is 2.25 bits per heavy atom. The third-order valence-corrected chi connectivity index (χ3v) is 3.96. The lowest BCUT2D eigenvalue weighted by atomic mass is 9.98. The molecular formula is C14H21N3O3. The molecule has 0 saturated carbocycles. The van der Waals surface area contributed by atoms with Gasteiger partial charge >= 0.3 is 0 Å². The SMILES string of the molecule is COc1ccc([N+](=O)[O-])cc1NC1CCN(C)C(C)C1. The van der Waals surface area contributed by atoms with Gasteiger partial charge in [0.2, 0.25) is 0 Å². The maximum Gasteiger partial charge on any atom is 0.271 e. The van der Waals surface area contributed by atoms with Crippen LogP contribution < -0.4 is 10.1 Å². The molecule has 1 fully saturated rings. The molecule has 1 aromatic rings. The van der Waals surface area contributed by atoms with Crippen LogP contribution in [0.1, 0.15) is 19.8 Å². The second-order valence-corrected chi connectivity index (χ2v) is 5.34. The number of hydrogen-bond donors (Lipinski definition) is 1. The molecule has 0 amide bonds. The van der Waals surface area contributed by atoms with Gasteiger partial charge in [-0.25, -0.2) is 0 Å². The number of nitrogens with zero attached hydrogens (tertiary/aromatic N) is 2. The summed E-state index contributed by atoms with van der Waals surface area (Å²) in [6, 6.07) is 5.46. The molecule has 0 aliphatic carbocycles. The lowest BCUT2D eigenvalue weighted by Crippen LogP contribution is -2.42. The van der Waals surface area contributed by atoms with E-state index < -0.39 is 0 Å². The maximum absolute atomic E-state index is 10.9. The van der Waals surface area contributed by atoms with Crippen molar-refractivity contribution in [2.24, 2.45) is 0 Å². The van der Waals surface area contributed by atoms with Gasteiger partial charge in [-0.2, -0.15) is 0 Å². The molecule has 6 nitrogen and oxygen atoms in total. The molecule has 1 aliphatic heterocycles. The smallest absolute Gasteiger partial charge is 0.271 e. The van der Waals surface area contributed by atoms with E-state index in [2.05, 4.69) is 24.2 Å². The van der Waals surface area contributed by atoms with Crippen LogP contribution in [0.15, 0.2) is 18.2 Å². The van der Waals surface area contributed by atoms with Crippen LogP contribution in [-0.4, -0.2) is 42.6 Å². The number of benzene rings is 1. The molecule has 2 rings (SSSR count). The first-order chi connectivity index (χ1) is 9.51. The second kappa shape index (κ2) is 6.09. The second-order valence-electron chi connectivity index (χ2n) is 5.34. The van der Waals surface area contributed by atoms with Crippen molar-refractivity contribution in [1.82, 2.24) is 4.90 Å². The van der Waals surface area contributed by atoms with Crippen molar-refractivity contribution >= 4 is 11.4 Å². The Bertz CT molecular complexity index is 493. The summed E-state index contributed by atoms with van der Waals surface area (Å²) in [5.41, 5.74) is 0.776. The van der Waals surface area contributed by atoms with Gasteiger partial charge in [-0.1, -0.05) is 0 Å². The van der Waals surface area contributed by atoms with Gasteiger partial charge in [0.05, 0.1) is 17.7 Å². The fourth-order valence-electron chi connectivity index (χ4n) is 2.56. The zero-order valence-electron chi connectivity index (χ0n) is 12.1. The van der Waals surface area contributed by atoms with E-state index in [-0.39, 0.29) is 10.6 Å². The summed E-state index contributed by atoms with van der Waals surface area (Å²) in [4.78, 5) is 12.8. The van der Waals surface area contributed by atoms with E-state index in [0.717, 1.165) is 19.4 Å². The van der Waals surface area contributed by atoms with Crippen LogP contribution >= 0.6 is 0 Å². The van der Waals surface area contributed by atoms with Gasteiger partial charge in [0.15, 0.2) is 0 Å². The van der Waals surface area contributed by atoms with E-state index >= 15 is 0 Å². The maximum atomic E-state index is 10.9. The minimum Gasteiger partial charge on any atom is -0.495 e. The molecule has 6 heteroatoms. The zero-order chi connectivity index (χ0) is 14.7. The first kappa shape index (κ1) is 14.6. The van der Waals surface area contributed by atoms with Crippen molar-refractivity contribution in [3.63, 3.8) is 0 Å². The Balaban J connectivity index is 2.15. The standard InChI is InChI=1S/C14H21N3O3/c1-10-8-11(6-7-16(10)2)15-13-9-12(17(18)19)4-5-14(13)20-3/h4-5,9-11,15H,6-8H2,1-3H3. The summed E-state index contributed by atoms with van der Waals surface area (Å²) in [7, 11) is 3.69. The summed E-state index contributed by atoms with van der Waals surface area (Å²) < 4.78 is 5.27. The first-order valence-corrected chi connectivity index (χ1v) is 6.80. The highest BCUT2D eigenvalue weighted by atomic mass is 16.6. The number of rotatable bonds is 4. The van der Waals surface area contributed by atoms with E-state index in [1.165, 1.54) is 6.07 Å². The molecular weight excluding hydrogens is 258 g/mol. The third-order valence-electron chi connectivity index (χ3n) is 3.96. The molecule has 1 N–H and O–H groups in total. The number of piperidine rings is 1. The molecule has 1 saturated heterocycles. The van der Waals surface area contributed by atoms with Crippen LogP contribution in [0.25, 0.3) is 0 Å². The van der Waals surface area contributed by atoms with E-state index in [9.17, 15) is 10.1 Å². The van der Waals surface area contributed by atoms with E-state index in [0.29, 0.717) is 23.5 Å². The van der Waals surface area contributed by atoms with Gasteiger partial charge in [-0.3, -0.25) is 10.1 Å². The molecule has 20 heavy (non-hydrogen) atoms. The highest BCUT2D eigenvalue weighted by Gasteiger charge is 2.24. The zero-order valence-corrected chi connectivity index (χ0v) is 12.1. The van der Waals surface area contributed by atoms with Crippen molar-refractivity contribution in [1.29, 1.82) is 0 Å². The van der Waals surface area contributed by atoms with E-state index in [1.54, 1.807) is 19.2 Å². The van der Waals surface area contributed by atoms with Crippen molar-refractivity contribution < 1.29 is 9.66 Å². The Kier molecular flexibility index (Phi) is 4.44.